The zero-order chi connectivity index (χ0) is 21.6. The van der Waals surface area contributed by atoms with Gasteiger partial charge >= 0.3 is 5.69 Å². The van der Waals surface area contributed by atoms with E-state index in [4.69, 9.17) is 20.9 Å². The average molecular weight is 421 g/mol. The first-order chi connectivity index (χ1) is 14.4. The zero-order valence-corrected chi connectivity index (χ0v) is 17.2. The summed E-state index contributed by atoms with van der Waals surface area (Å²) in [7, 11) is 3.06. The molecular formula is C20H28FN5O4. The molecule has 1 aromatic heterocycles. The van der Waals surface area contributed by atoms with Gasteiger partial charge in [0.05, 0.1) is 18.2 Å². The number of halogens is 1. The predicted molar refractivity (Wildman–Crippen MR) is 113 cm³/mol. The summed E-state index contributed by atoms with van der Waals surface area (Å²) in [5.74, 6) is -0.0146. The predicted octanol–water partition coefficient (Wildman–Crippen LogP) is 0.754. The van der Waals surface area contributed by atoms with Gasteiger partial charge in [0.25, 0.3) is 5.56 Å². The highest BCUT2D eigenvalue weighted by Gasteiger charge is 2.39. The zero-order valence-electron chi connectivity index (χ0n) is 17.2. The molecule has 4 rings (SSSR count). The van der Waals surface area contributed by atoms with Crippen molar-refractivity contribution in [2.24, 2.45) is 11.7 Å². The van der Waals surface area contributed by atoms with Crippen LogP contribution in [0.1, 0.15) is 25.3 Å². The third kappa shape index (κ3) is 3.43. The van der Waals surface area contributed by atoms with E-state index in [1.165, 1.54) is 7.11 Å². The first kappa shape index (κ1) is 20.7. The van der Waals surface area contributed by atoms with E-state index in [1.807, 2.05) is 4.90 Å². The second-order valence-electron chi connectivity index (χ2n) is 8.13. The van der Waals surface area contributed by atoms with Gasteiger partial charge in [-0.2, -0.15) is 0 Å². The van der Waals surface area contributed by atoms with Crippen LogP contribution in [-0.4, -0.2) is 55.7 Å². The summed E-state index contributed by atoms with van der Waals surface area (Å²) < 4.78 is 27.1. The van der Waals surface area contributed by atoms with E-state index in [1.54, 1.807) is 17.7 Å². The number of aromatic amines is 1. The molecule has 1 aromatic carbocycles. The lowest BCUT2D eigenvalue weighted by molar-refractivity contribution is 0.166. The standard InChI is InChI=1S/C20H28FN5O4/c1-29-6-5-13(22)11-8-25(9-12(11)21)15-7-14(23)16-17(18(15)30-2)26(10-3-4-10)20(28)24-19(16)27/h7,10-13H,3-6,8-9,22-23H2,1-2H3,(H,24,27,28). The van der Waals surface area contributed by atoms with E-state index in [0.29, 0.717) is 36.5 Å². The summed E-state index contributed by atoms with van der Waals surface area (Å²) in [5.41, 5.74) is 12.5. The number of nitrogens with one attached hydrogen (secondary N) is 1. The third-order valence-electron chi connectivity index (χ3n) is 6.13. The Hall–Kier alpha value is -2.59. The normalized spacial score (nSPS) is 22.6. The number of nitrogens with zero attached hydrogens (tertiary/aromatic N) is 2. The third-order valence-corrected chi connectivity index (χ3v) is 6.13. The van der Waals surface area contributed by atoms with Crippen LogP contribution in [0, 0.1) is 5.92 Å². The second-order valence-corrected chi connectivity index (χ2v) is 8.13. The molecule has 3 atom stereocenters. The molecule has 2 heterocycles. The maximum atomic E-state index is 14.9. The Morgan fingerprint density at radius 3 is 2.67 bits per heavy atom. The van der Waals surface area contributed by atoms with E-state index in [2.05, 4.69) is 4.98 Å². The fourth-order valence-corrected chi connectivity index (χ4v) is 4.42. The van der Waals surface area contributed by atoms with Gasteiger partial charge in [-0.15, -0.1) is 0 Å². The number of fused-ring (bicyclic) bond motifs is 1. The number of rotatable bonds is 7. The quantitative estimate of drug-likeness (QED) is 0.563. The highest BCUT2D eigenvalue weighted by molar-refractivity contribution is 5.99. The highest BCUT2D eigenvalue weighted by atomic mass is 19.1. The van der Waals surface area contributed by atoms with E-state index in [9.17, 15) is 14.0 Å². The first-order valence-corrected chi connectivity index (χ1v) is 10.2. The molecule has 164 valence electrons. The molecular weight excluding hydrogens is 393 g/mol. The Kier molecular flexibility index (Phi) is 5.46. The largest absolute Gasteiger partial charge is 0.492 e. The number of ether oxygens (including phenoxy) is 2. The minimum atomic E-state index is -1.12. The molecule has 2 fully saturated rings. The highest BCUT2D eigenvalue weighted by Crippen LogP contribution is 2.44. The topological polar surface area (TPSA) is 129 Å². The molecule has 2 aromatic rings. The molecule has 0 spiro atoms. The van der Waals surface area contributed by atoms with Gasteiger partial charge in [0.1, 0.15) is 11.7 Å². The number of hydrogen-bond acceptors (Lipinski definition) is 7. The molecule has 2 aliphatic rings. The lowest BCUT2D eigenvalue weighted by atomic mass is 9.96. The van der Waals surface area contributed by atoms with Crippen molar-refractivity contribution in [3.63, 3.8) is 0 Å². The number of alkyl halides is 1. The van der Waals surface area contributed by atoms with E-state index in [-0.39, 0.29) is 35.6 Å². The minimum absolute atomic E-state index is 0.0110. The van der Waals surface area contributed by atoms with Crippen molar-refractivity contribution in [1.82, 2.24) is 9.55 Å². The van der Waals surface area contributed by atoms with Crippen LogP contribution in [0.3, 0.4) is 0 Å². The van der Waals surface area contributed by atoms with Gasteiger partial charge in [0, 0.05) is 50.5 Å². The van der Waals surface area contributed by atoms with Crippen LogP contribution in [0.15, 0.2) is 15.7 Å². The SMILES string of the molecule is COCCC(N)C1CN(c2cc(N)c3c(=O)[nH]c(=O)n(C4CC4)c3c2OC)CC1F. The number of nitrogen functional groups attached to an aromatic ring is 1. The monoisotopic (exact) mass is 421 g/mol. The van der Waals surface area contributed by atoms with Crippen LogP contribution < -0.4 is 32.4 Å². The molecule has 1 aliphatic carbocycles. The lowest BCUT2D eigenvalue weighted by Crippen LogP contribution is -2.37. The van der Waals surface area contributed by atoms with Crippen LogP contribution in [0.5, 0.6) is 5.75 Å². The van der Waals surface area contributed by atoms with Crippen molar-refractivity contribution in [3.8, 4) is 5.75 Å². The summed E-state index contributed by atoms with van der Waals surface area (Å²) in [4.78, 5) is 29.2. The number of aromatic nitrogens is 2. The van der Waals surface area contributed by atoms with Crippen LogP contribution in [0.25, 0.3) is 10.9 Å². The number of benzene rings is 1. The molecule has 9 nitrogen and oxygen atoms in total. The molecule has 1 saturated heterocycles. The smallest absolute Gasteiger partial charge is 0.329 e. The fraction of sp³-hybridized carbons (Fsp3) is 0.600. The first-order valence-electron chi connectivity index (χ1n) is 10.2. The minimum Gasteiger partial charge on any atom is -0.492 e. The molecule has 10 heteroatoms. The molecule has 1 aliphatic heterocycles. The van der Waals surface area contributed by atoms with E-state index in [0.717, 1.165) is 12.8 Å². The van der Waals surface area contributed by atoms with E-state index < -0.39 is 17.4 Å². The van der Waals surface area contributed by atoms with Crippen LogP contribution >= 0.6 is 0 Å². The summed E-state index contributed by atoms with van der Waals surface area (Å²) in [6.45, 7) is 0.973. The van der Waals surface area contributed by atoms with E-state index >= 15 is 0 Å². The van der Waals surface area contributed by atoms with Gasteiger partial charge in [0.15, 0.2) is 5.75 Å². The van der Waals surface area contributed by atoms with Crippen molar-refractivity contribution < 1.29 is 13.9 Å². The summed E-state index contributed by atoms with van der Waals surface area (Å²) in [6.07, 6.45) is 1.11. The molecule has 0 bridgehead atoms. The molecule has 0 radical (unpaired) electrons. The Morgan fingerprint density at radius 2 is 2.03 bits per heavy atom. The Morgan fingerprint density at radius 1 is 1.30 bits per heavy atom. The number of anilines is 2. The van der Waals surface area contributed by atoms with Crippen molar-refractivity contribution in [2.45, 2.75) is 37.5 Å². The van der Waals surface area contributed by atoms with Gasteiger partial charge in [-0.25, -0.2) is 9.18 Å². The van der Waals surface area contributed by atoms with Crippen LogP contribution in [0.4, 0.5) is 15.8 Å². The Bertz CT molecular complexity index is 1060. The lowest BCUT2D eigenvalue weighted by Gasteiger charge is -2.25. The summed E-state index contributed by atoms with van der Waals surface area (Å²) in [6, 6.07) is 1.26. The van der Waals surface area contributed by atoms with Gasteiger partial charge in [-0.05, 0) is 25.3 Å². The molecule has 1 saturated carbocycles. The van der Waals surface area contributed by atoms with Gasteiger partial charge in [0.2, 0.25) is 0 Å². The van der Waals surface area contributed by atoms with Gasteiger partial charge in [-0.3, -0.25) is 14.3 Å². The van der Waals surface area contributed by atoms with Crippen molar-refractivity contribution >= 4 is 22.3 Å². The number of methoxy groups -OCH3 is 2. The Balaban J connectivity index is 1.82. The van der Waals surface area contributed by atoms with Crippen molar-refractivity contribution in [1.29, 1.82) is 0 Å². The molecule has 0 amide bonds. The Labute approximate surface area is 172 Å². The van der Waals surface area contributed by atoms with Gasteiger partial charge < -0.3 is 25.8 Å². The summed E-state index contributed by atoms with van der Waals surface area (Å²) >= 11 is 0. The number of H-pyrrole nitrogens is 1. The van der Waals surface area contributed by atoms with Crippen LogP contribution in [0.2, 0.25) is 0 Å². The maximum Gasteiger partial charge on any atom is 0.329 e. The fourth-order valence-electron chi connectivity index (χ4n) is 4.42. The average Bonchev–Trinajstić information content (AvgIpc) is 3.46. The maximum absolute atomic E-state index is 14.9. The molecule has 5 N–H and O–H groups in total. The van der Waals surface area contributed by atoms with Gasteiger partial charge in [-0.1, -0.05) is 0 Å². The summed E-state index contributed by atoms with van der Waals surface area (Å²) in [5, 5.41) is 0.214. The molecule has 3 unspecified atom stereocenters. The molecule has 30 heavy (non-hydrogen) atoms. The second kappa shape index (κ2) is 7.92. The van der Waals surface area contributed by atoms with Crippen molar-refractivity contribution in [2.75, 3.05) is 44.5 Å². The van der Waals surface area contributed by atoms with Crippen LogP contribution in [-0.2, 0) is 4.74 Å². The van der Waals surface area contributed by atoms with Crippen molar-refractivity contribution in [3.05, 3.63) is 26.9 Å². The number of hydrogen-bond donors (Lipinski definition) is 3. The number of nitrogens with two attached hydrogens (primary N) is 2.